The van der Waals surface area contributed by atoms with Crippen molar-refractivity contribution in [1.29, 1.82) is 0 Å². The van der Waals surface area contributed by atoms with Crippen molar-refractivity contribution >= 4 is 5.91 Å². The van der Waals surface area contributed by atoms with E-state index < -0.39 is 0 Å². The lowest BCUT2D eigenvalue weighted by Crippen LogP contribution is -2.65. The van der Waals surface area contributed by atoms with Crippen LogP contribution in [0.5, 0.6) is 0 Å². The van der Waals surface area contributed by atoms with Crippen LogP contribution in [0, 0.1) is 0 Å². The number of carbonyl (C=O) groups excluding carboxylic acids is 1. The van der Waals surface area contributed by atoms with Crippen LogP contribution in [0.3, 0.4) is 0 Å². The van der Waals surface area contributed by atoms with Crippen LogP contribution < -0.4 is 5.32 Å². The van der Waals surface area contributed by atoms with Crippen LogP contribution in [0.4, 0.5) is 0 Å². The summed E-state index contributed by atoms with van der Waals surface area (Å²) in [6.45, 7) is 11.7. The molecule has 1 heterocycles. The summed E-state index contributed by atoms with van der Waals surface area (Å²) in [5.74, 6) is 0.219. The average Bonchev–Trinajstić information content (AvgIpc) is 2.48. The summed E-state index contributed by atoms with van der Waals surface area (Å²) in [5.41, 5.74) is 2.22. The van der Waals surface area contributed by atoms with E-state index in [1.54, 1.807) is 0 Å². The molecule has 0 aromatic carbocycles. The van der Waals surface area contributed by atoms with Gasteiger partial charge in [-0.3, -0.25) is 4.79 Å². The molecule has 0 unspecified atom stereocenters. The van der Waals surface area contributed by atoms with E-state index in [1.165, 1.54) is 24.8 Å². The molecule has 21 heavy (non-hydrogen) atoms. The van der Waals surface area contributed by atoms with Gasteiger partial charge >= 0.3 is 0 Å². The van der Waals surface area contributed by atoms with Gasteiger partial charge in [-0.15, -0.1) is 0 Å². The molecule has 1 N–H and O–H groups in total. The molecule has 1 saturated heterocycles. The first kappa shape index (κ1) is 16.4. The minimum Gasteiger partial charge on any atom is -0.373 e. The highest BCUT2D eigenvalue weighted by molar-refractivity contribution is 5.95. The van der Waals surface area contributed by atoms with Gasteiger partial charge in [-0.2, -0.15) is 0 Å². The Balaban J connectivity index is 2.41. The quantitative estimate of drug-likeness (QED) is 0.780. The van der Waals surface area contributed by atoms with E-state index in [4.69, 9.17) is 0 Å². The molecule has 2 rings (SSSR count). The summed E-state index contributed by atoms with van der Waals surface area (Å²) in [6.07, 6.45) is 8.06. The fraction of sp³-hybridized carbons (Fsp3) is 0.833. The van der Waals surface area contributed by atoms with Gasteiger partial charge in [0.1, 0.15) is 0 Å². The third-order valence-corrected chi connectivity index (χ3v) is 5.28. The summed E-state index contributed by atoms with van der Waals surface area (Å²) >= 11 is 0. The van der Waals surface area contributed by atoms with Crippen LogP contribution in [0.1, 0.15) is 79.6 Å². The van der Waals surface area contributed by atoms with Crippen LogP contribution in [-0.2, 0) is 4.79 Å². The number of hydrogen-bond donors (Lipinski definition) is 1. The molecule has 0 spiro atoms. The minimum atomic E-state index is -0.116. The van der Waals surface area contributed by atoms with Gasteiger partial charge in [0.2, 0.25) is 0 Å². The molecule has 1 aliphatic carbocycles. The molecular formula is C18H32N2O. The second kappa shape index (κ2) is 6.02. The highest BCUT2D eigenvalue weighted by Gasteiger charge is 2.43. The van der Waals surface area contributed by atoms with Crippen molar-refractivity contribution in [2.45, 2.75) is 90.6 Å². The SMILES string of the molecule is CCC1(CC)CN(C(C)(C)C)C(=O)C(=C2CCCCC2)N1. The molecule has 1 aliphatic heterocycles. The minimum absolute atomic E-state index is 0.0426. The highest BCUT2D eigenvalue weighted by Crippen LogP contribution is 2.34. The van der Waals surface area contributed by atoms with Crippen molar-refractivity contribution in [1.82, 2.24) is 10.2 Å². The Kier molecular flexibility index (Phi) is 4.69. The zero-order valence-corrected chi connectivity index (χ0v) is 14.5. The fourth-order valence-corrected chi connectivity index (χ4v) is 3.53. The molecule has 3 heteroatoms. The number of piperazine rings is 1. The van der Waals surface area contributed by atoms with E-state index in [9.17, 15) is 4.79 Å². The predicted octanol–water partition coefficient (Wildman–Crippen LogP) is 3.99. The van der Waals surface area contributed by atoms with Crippen molar-refractivity contribution in [3.63, 3.8) is 0 Å². The Labute approximate surface area is 130 Å². The van der Waals surface area contributed by atoms with Gasteiger partial charge in [-0.25, -0.2) is 0 Å². The van der Waals surface area contributed by atoms with E-state index in [0.717, 1.165) is 37.9 Å². The zero-order chi connectivity index (χ0) is 15.7. The first-order valence-electron chi connectivity index (χ1n) is 8.65. The highest BCUT2D eigenvalue weighted by atomic mass is 16.2. The fourth-order valence-electron chi connectivity index (χ4n) is 3.53. The van der Waals surface area contributed by atoms with Crippen LogP contribution >= 0.6 is 0 Å². The number of hydrogen-bond acceptors (Lipinski definition) is 2. The van der Waals surface area contributed by atoms with Gasteiger partial charge in [0.15, 0.2) is 0 Å². The summed E-state index contributed by atoms with van der Waals surface area (Å²) in [7, 11) is 0. The van der Waals surface area contributed by atoms with Crippen molar-refractivity contribution < 1.29 is 4.79 Å². The number of carbonyl (C=O) groups is 1. The van der Waals surface area contributed by atoms with Crippen LogP contribution in [-0.4, -0.2) is 28.4 Å². The van der Waals surface area contributed by atoms with Gasteiger partial charge < -0.3 is 10.2 Å². The Bertz CT molecular complexity index is 419. The van der Waals surface area contributed by atoms with Crippen molar-refractivity contribution in [3.8, 4) is 0 Å². The first-order valence-corrected chi connectivity index (χ1v) is 8.65. The van der Waals surface area contributed by atoms with E-state index in [-0.39, 0.29) is 17.0 Å². The molecule has 0 radical (unpaired) electrons. The molecule has 0 aromatic rings. The van der Waals surface area contributed by atoms with Crippen molar-refractivity contribution in [2.75, 3.05) is 6.54 Å². The second-order valence-electron chi connectivity index (χ2n) is 7.71. The van der Waals surface area contributed by atoms with Crippen LogP contribution in [0.25, 0.3) is 0 Å². The molecule has 120 valence electrons. The maximum absolute atomic E-state index is 13.0. The Hall–Kier alpha value is -0.990. The summed E-state index contributed by atoms with van der Waals surface area (Å²) in [5, 5.41) is 3.68. The Morgan fingerprint density at radius 2 is 1.67 bits per heavy atom. The average molecular weight is 292 g/mol. The Morgan fingerprint density at radius 3 is 2.14 bits per heavy atom. The molecule has 1 saturated carbocycles. The number of nitrogens with one attached hydrogen (secondary N) is 1. The number of nitrogens with zero attached hydrogens (tertiary/aromatic N) is 1. The van der Waals surface area contributed by atoms with Gasteiger partial charge in [0.05, 0.1) is 11.2 Å². The molecular weight excluding hydrogens is 260 g/mol. The second-order valence-corrected chi connectivity index (χ2v) is 7.71. The normalized spacial score (nSPS) is 23.3. The molecule has 0 aromatic heterocycles. The molecule has 1 amide bonds. The lowest BCUT2D eigenvalue weighted by Gasteiger charge is -2.50. The monoisotopic (exact) mass is 292 g/mol. The third-order valence-electron chi connectivity index (χ3n) is 5.28. The third kappa shape index (κ3) is 3.27. The van der Waals surface area contributed by atoms with Gasteiger partial charge in [-0.1, -0.05) is 20.3 Å². The van der Waals surface area contributed by atoms with E-state index in [2.05, 4.69) is 44.8 Å². The Morgan fingerprint density at radius 1 is 1.10 bits per heavy atom. The first-order chi connectivity index (χ1) is 9.83. The van der Waals surface area contributed by atoms with E-state index in [0.29, 0.717) is 0 Å². The summed E-state index contributed by atoms with van der Waals surface area (Å²) < 4.78 is 0. The topological polar surface area (TPSA) is 32.3 Å². The zero-order valence-electron chi connectivity index (χ0n) is 14.5. The smallest absolute Gasteiger partial charge is 0.270 e. The summed E-state index contributed by atoms with van der Waals surface area (Å²) in [4.78, 5) is 15.1. The summed E-state index contributed by atoms with van der Waals surface area (Å²) in [6, 6.07) is 0. The van der Waals surface area contributed by atoms with Crippen LogP contribution in [0.15, 0.2) is 11.3 Å². The number of allylic oxidation sites excluding steroid dienone is 1. The van der Waals surface area contributed by atoms with Crippen molar-refractivity contribution in [2.24, 2.45) is 0 Å². The lowest BCUT2D eigenvalue weighted by molar-refractivity contribution is -0.137. The maximum atomic E-state index is 13.0. The van der Waals surface area contributed by atoms with Gasteiger partial charge in [0, 0.05) is 12.1 Å². The van der Waals surface area contributed by atoms with E-state index in [1.807, 2.05) is 0 Å². The molecule has 2 aliphatic rings. The molecule has 2 fully saturated rings. The van der Waals surface area contributed by atoms with Gasteiger partial charge in [-0.05, 0) is 64.9 Å². The molecule has 3 nitrogen and oxygen atoms in total. The van der Waals surface area contributed by atoms with E-state index >= 15 is 0 Å². The largest absolute Gasteiger partial charge is 0.373 e. The molecule has 0 bridgehead atoms. The number of amides is 1. The number of rotatable bonds is 2. The lowest BCUT2D eigenvalue weighted by atomic mass is 9.84. The maximum Gasteiger partial charge on any atom is 0.270 e. The van der Waals surface area contributed by atoms with Crippen molar-refractivity contribution in [3.05, 3.63) is 11.3 Å². The molecule has 0 atom stereocenters. The standard InChI is InChI=1S/C18H32N2O/c1-6-18(7-2)13-20(17(3,4)5)16(21)15(19-18)14-11-9-8-10-12-14/h19H,6-13H2,1-5H3. The van der Waals surface area contributed by atoms with Crippen LogP contribution in [0.2, 0.25) is 0 Å². The predicted molar refractivity (Wildman–Crippen MR) is 88.0 cm³/mol. The van der Waals surface area contributed by atoms with Gasteiger partial charge in [0.25, 0.3) is 5.91 Å².